The van der Waals surface area contributed by atoms with E-state index in [1.807, 2.05) is 30.3 Å². The number of hydrogen-bond donors (Lipinski definition) is 1. The van der Waals surface area contributed by atoms with Gasteiger partial charge in [0, 0.05) is 40.9 Å². The van der Waals surface area contributed by atoms with Crippen molar-refractivity contribution < 1.29 is 24.5 Å². The van der Waals surface area contributed by atoms with Crippen LogP contribution in [0.25, 0.3) is 6.08 Å². The molecule has 0 saturated carbocycles. The molecule has 6 nitrogen and oxygen atoms in total. The van der Waals surface area contributed by atoms with Gasteiger partial charge in [0.15, 0.2) is 5.75 Å². The molecule has 1 N–H and O–H groups in total. The Morgan fingerprint density at radius 2 is 1.91 bits per heavy atom. The number of carbonyl (C=O) groups excluding carboxylic acids is 1. The SMILES string of the molecule is O=C(O)C1CCN(C(=O)C=Cc2ccc(Sc3ccc4c(c3)CCOO4)c(Cl)c2Cl)CC1. The van der Waals surface area contributed by atoms with Crippen molar-refractivity contribution in [3.05, 3.63) is 57.6 Å². The van der Waals surface area contributed by atoms with E-state index in [0.29, 0.717) is 48.1 Å². The van der Waals surface area contributed by atoms with Gasteiger partial charge in [-0.15, -0.1) is 0 Å². The summed E-state index contributed by atoms with van der Waals surface area (Å²) in [5.41, 5.74) is 1.72. The summed E-state index contributed by atoms with van der Waals surface area (Å²) in [6, 6.07) is 9.55. The van der Waals surface area contributed by atoms with Crippen molar-refractivity contribution in [3.8, 4) is 5.75 Å². The lowest BCUT2D eigenvalue weighted by Crippen LogP contribution is -2.39. The van der Waals surface area contributed by atoms with Gasteiger partial charge in [-0.25, -0.2) is 0 Å². The fourth-order valence-electron chi connectivity index (χ4n) is 3.65. The molecule has 0 bridgehead atoms. The molecule has 32 heavy (non-hydrogen) atoms. The molecule has 0 aliphatic carbocycles. The van der Waals surface area contributed by atoms with Gasteiger partial charge in [0.1, 0.15) is 0 Å². The summed E-state index contributed by atoms with van der Waals surface area (Å²) >= 11 is 14.5. The van der Waals surface area contributed by atoms with E-state index in [-0.39, 0.29) is 11.8 Å². The Kier molecular flexibility index (Phi) is 7.30. The summed E-state index contributed by atoms with van der Waals surface area (Å²) in [6.45, 7) is 1.38. The molecule has 2 aliphatic rings. The monoisotopic (exact) mass is 493 g/mol. The number of hydrogen-bond acceptors (Lipinski definition) is 5. The minimum Gasteiger partial charge on any atom is -0.481 e. The van der Waals surface area contributed by atoms with Crippen molar-refractivity contribution in [1.29, 1.82) is 0 Å². The van der Waals surface area contributed by atoms with Crippen LogP contribution in [0.2, 0.25) is 10.0 Å². The van der Waals surface area contributed by atoms with Crippen LogP contribution in [0, 0.1) is 5.92 Å². The summed E-state index contributed by atoms with van der Waals surface area (Å²) in [7, 11) is 0. The van der Waals surface area contributed by atoms with E-state index in [0.717, 1.165) is 27.5 Å². The van der Waals surface area contributed by atoms with E-state index in [2.05, 4.69) is 0 Å². The quantitative estimate of drug-likeness (QED) is 0.446. The van der Waals surface area contributed by atoms with Crippen LogP contribution in [-0.2, 0) is 20.9 Å². The highest BCUT2D eigenvalue weighted by atomic mass is 35.5. The van der Waals surface area contributed by atoms with Gasteiger partial charge in [-0.05, 0) is 48.7 Å². The fourth-order valence-corrected chi connectivity index (χ4v) is 5.14. The molecule has 2 aliphatic heterocycles. The molecule has 0 spiro atoms. The molecule has 1 amide bonds. The molecule has 2 aromatic carbocycles. The lowest BCUT2D eigenvalue weighted by Gasteiger charge is -2.29. The number of halogens is 2. The summed E-state index contributed by atoms with van der Waals surface area (Å²) in [5, 5.41) is 9.88. The molecule has 2 heterocycles. The second-order valence-electron chi connectivity index (χ2n) is 7.58. The number of carbonyl (C=O) groups is 2. The number of amides is 1. The van der Waals surface area contributed by atoms with Crippen LogP contribution < -0.4 is 4.89 Å². The highest BCUT2D eigenvalue weighted by Gasteiger charge is 2.26. The molecule has 2 aromatic rings. The maximum atomic E-state index is 12.5. The highest BCUT2D eigenvalue weighted by molar-refractivity contribution is 7.99. The summed E-state index contributed by atoms with van der Waals surface area (Å²) in [4.78, 5) is 37.2. The lowest BCUT2D eigenvalue weighted by atomic mass is 9.97. The number of aliphatic carboxylic acids is 1. The van der Waals surface area contributed by atoms with Gasteiger partial charge in [0.05, 0.1) is 22.6 Å². The van der Waals surface area contributed by atoms with Crippen molar-refractivity contribution in [3.63, 3.8) is 0 Å². The normalized spacial score (nSPS) is 16.6. The zero-order chi connectivity index (χ0) is 22.7. The Morgan fingerprint density at radius 1 is 1.12 bits per heavy atom. The van der Waals surface area contributed by atoms with Gasteiger partial charge in [-0.3, -0.25) is 9.59 Å². The predicted octanol–water partition coefficient (Wildman–Crippen LogP) is 5.35. The van der Waals surface area contributed by atoms with Crippen LogP contribution in [0.15, 0.2) is 46.2 Å². The van der Waals surface area contributed by atoms with Gasteiger partial charge < -0.3 is 14.9 Å². The lowest BCUT2D eigenvalue weighted by molar-refractivity contribution is -0.215. The van der Waals surface area contributed by atoms with Crippen molar-refractivity contribution in [2.75, 3.05) is 19.7 Å². The number of rotatable bonds is 5. The van der Waals surface area contributed by atoms with Gasteiger partial charge >= 0.3 is 5.97 Å². The van der Waals surface area contributed by atoms with Crippen molar-refractivity contribution in [2.24, 2.45) is 5.92 Å². The van der Waals surface area contributed by atoms with Gasteiger partial charge in [-0.1, -0.05) is 41.0 Å². The molecule has 1 fully saturated rings. The molecular formula is C23H21Cl2NO5S. The predicted molar refractivity (Wildman–Crippen MR) is 123 cm³/mol. The van der Waals surface area contributed by atoms with Gasteiger partial charge in [-0.2, -0.15) is 4.89 Å². The Labute approximate surface area is 200 Å². The third-order valence-electron chi connectivity index (χ3n) is 5.50. The molecule has 9 heteroatoms. The van der Waals surface area contributed by atoms with E-state index in [1.54, 1.807) is 11.0 Å². The third-order valence-corrected chi connectivity index (χ3v) is 7.56. The third kappa shape index (κ3) is 5.23. The van der Waals surface area contributed by atoms with E-state index in [9.17, 15) is 9.59 Å². The standard InChI is InChI=1S/C23H21Cl2NO5S/c24-21-14(2-6-20(27)26-10-7-15(8-11-26)23(28)29)1-5-19(22(21)25)32-17-3-4-18-16(13-17)9-12-30-31-18/h1-6,13,15H,7-12H2,(H,28,29). The molecule has 1 saturated heterocycles. The van der Waals surface area contributed by atoms with E-state index in [1.165, 1.54) is 17.8 Å². The first-order valence-corrected chi connectivity index (χ1v) is 11.8. The van der Waals surface area contributed by atoms with Crippen LogP contribution in [0.1, 0.15) is 24.0 Å². The Hall–Kier alpha value is -2.19. The van der Waals surface area contributed by atoms with Crippen LogP contribution in [0.4, 0.5) is 0 Å². The van der Waals surface area contributed by atoms with Crippen LogP contribution >= 0.6 is 35.0 Å². The van der Waals surface area contributed by atoms with Gasteiger partial charge in [0.2, 0.25) is 5.91 Å². The Balaban J connectivity index is 1.42. The van der Waals surface area contributed by atoms with Crippen LogP contribution in [-0.4, -0.2) is 41.6 Å². The largest absolute Gasteiger partial charge is 0.481 e. The second-order valence-corrected chi connectivity index (χ2v) is 9.45. The molecular weight excluding hydrogens is 473 g/mol. The summed E-state index contributed by atoms with van der Waals surface area (Å²) in [6.07, 6.45) is 4.82. The molecule has 0 atom stereocenters. The highest BCUT2D eigenvalue weighted by Crippen LogP contribution is 2.40. The number of carboxylic acid groups (broad SMARTS) is 1. The first-order valence-electron chi connectivity index (χ1n) is 10.2. The molecule has 168 valence electrons. The van der Waals surface area contributed by atoms with Gasteiger partial charge in [0.25, 0.3) is 0 Å². The molecule has 0 radical (unpaired) electrons. The minimum absolute atomic E-state index is 0.167. The Bertz CT molecular complexity index is 1070. The number of likely N-dealkylation sites (tertiary alicyclic amines) is 1. The number of carboxylic acids is 1. The smallest absolute Gasteiger partial charge is 0.306 e. The fraction of sp³-hybridized carbons (Fsp3) is 0.304. The minimum atomic E-state index is -0.801. The van der Waals surface area contributed by atoms with Crippen LogP contribution in [0.5, 0.6) is 5.75 Å². The van der Waals surface area contributed by atoms with E-state index < -0.39 is 5.97 Å². The molecule has 0 aromatic heterocycles. The van der Waals surface area contributed by atoms with E-state index >= 15 is 0 Å². The summed E-state index contributed by atoms with van der Waals surface area (Å²) in [5.74, 6) is -0.621. The van der Waals surface area contributed by atoms with Crippen molar-refractivity contribution >= 4 is 52.9 Å². The zero-order valence-corrected chi connectivity index (χ0v) is 19.4. The van der Waals surface area contributed by atoms with Crippen molar-refractivity contribution in [1.82, 2.24) is 4.90 Å². The molecule has 0 unspecified atom stereocenters. The first kappa shape index (κ1) is 23.0. The zero-order valence-electron chi connectivity index (χ0n) is 17.1. The topological polar surface area (TPSA) is 76.1 Å². The molecule has 4 rings (SSSR count). The van der Waals surface area contributed by atoms with Crippen LogP contribution in [0.3, 0.4) is 0 Å². The number of nitrogens with zero attached hydrogens (tertiary/aromatic N) is 1. The van der Waals surface area contributed by atoms with Crippen molar-refractivity contribution in [2.45, 2.75) is 29.1 Å². The first-order chi connectivity index (χ1) is 15.4. The van der Waals surface area contributed by atoms with E-state index in [4.69, 9.17) is 38.1 Å². The summed E-state index contributed by atoms with van der Waals surface area (Å²) < 4.78 is 0. The number of piperidine rings is 1. The number of benzene rings is 2. The second kappa shape index (κ2) is 10.2. The Morgan fingerprint density at radius 3 is 2.66 bits per heavy atom. The number of fused-ring (bicyclic) bond motifs is 1. The average Bonchev–Trinajstić information content (AvgIpc) is 2.81. The average molecular weight is 494 g/mol. The maximum absolute atomic E-state index is 12.5. The maximum Gasteiger partial charge on any atom is 0.306 e.